The fraction of sp³-hybridized carbons (Fsp3) is 0.235. The van der Waals surface area contributed by atoms with Crippen LogP contribution in [0, 0.1) is 10.1 Å². The molecule has 2 aromatic carbocycles. The van der Waals surface area contributed by atoms with E-state index in [4.69, 9.17) is 11.6 Å². The zero-order valence-electron chi connectivity index (χ0n) is 12.7. The largest absolute Gasteiger partial charge is 0.349 e. The van der Waals surface area contributed by atoms with Gasteiger partial charge < -0.3 is 5.32 Å². The highest BCUT2D eigenvalue weighted by atomic mass is 35.5. The Morgan fingerprint density at radius 3 is 2.61 bits per heavy atom. The lowest BCUT2D eigenvalue weighted by molar-refractivity contribution is -0.385. The van der Waals surface area contributed by atoms with Gasteiger partial charge in [-0.2, -0.15) is 0 Å². The molecule has 0 saturated carbocycles. The van der Waals surface area contributed by atoms with Crippen molar-refractivity contribution in [3.8, 4) is 0 Å². The van der Waals surface area contributed by atoms with E-state index in [0.29, 0.717) is 0 Å². The number of carbonyl (C=O) groups is 1. The van der Waals surface area contributed by atoms with Gasteiger partial charge in [0, 0.05) is 17.1 Å². The van der Waals surface area contributed by atoms with Crippen molar-refractivity contribution in [3.05, 3.63) is 74.8 Å². The van der Waals surface area contributed by atoms with Crippen molar-refractivity contribution in [3.63, 3.8) is 0 Å². The van der Waals surface area contributed by atoms with Crippen molar-refractivity contribution in [1.29, 1.82) is 0 Å². The number of carbonyl (C=O) groups excluding carboxylic acids is 1. The molecule has 1 amide bonds. The van der Waals surface area contributed by atoms with Crippen LogP contribution in [0.1, 0.15) is 29.3 Å². The molecule has 1 N–H and O–H groups in total. The number of benzene rings is 2. The summed E-state index contributed by atoms with van der Waals surface area (Å²) in [4.78, 5) is 22.7. The maximum absolute atomic E-state index is 12.2. The Morgan fingerprint density at radius 1 is 1.26 bits per heavy atom. The van der Waals surface area contributed by atoms with Crippen LogP contribution in [0.15, 0.2) is 48.5 Å². The summed E-state index contributed by atoms with van der Waals surface area (Å²) in [5.41, 5.74) is 0.919. The lowest BCUT2D eigenvalue weighted by atomic mass is 10.1. The summed E-state index contributed by atoms with van der Waals surface area (Å²) in [6, 6.07) is 13.9. The van der Waals surface area contributed by atoms with Gasteiger partial charge in [0.1, 0.15) is 5.56 Å². The number of nitro groups is 1. The summed E-state index contributed by atoms with van der Waals surface area (Å²) < 4.78 is 0. The van der Waals surface area contributed by atoms with Crippen LogP contribution >= 0.6 is 11.6 Å². The van der Waals surface area contributed by atoms with Crippen molar-refractivity contribution < 1.29 is 9.72 Å². The standard InChI is InChI=1S/C17H17ClN2O3/c1-12(7-8-13-5-3-2-4-6-13)19-17(21)15-10-9-14(18)11-16(15)20(22)23/h2-6,9-12H,7-8H2,1H3,(H,19,21). The molecule has 2 rings (SSSR count). The normalized spacial score (nSPS) is 11.7. The highest BCUT2D eigenvalue weighted by Gasteiger charge is 2.21. The third-order valence-corrected chi connectivity index (χ3v) is 3.72. The van der Waals surface area contributed by atoms with Crippen molar-refractivity contribution in [2.45, 2.75) is 25.8 Å². The summed E-state index contributed by atoms with van der Waals surface area (Å²) in [7, 11) is 0. The molecule has 6 heteroatoms. The zero-order chi connectivity index (χ0) is 16.8. The number of nitrogens with one attached hydrogen (secondary N) is 1. The predicted octanol–water partition coefficient (Wildman–Crippen LogP) is 4.00. The van der Waals surface area contributed by atoms with Gasteiger partial charge in [-0.05, 0) is 37.5 Å². The van der Waals surface area contributed by atoms with E-state index in [1.807, 2.05) is 37.3 Å². The molecular weight excluding hydrogens is 316 g/mol. The Kier molecular flexibility index (Phi) is 5.71. The lowest BCUT2D eigenvalue weighted by Gasteiger charge is -2.14. The SMILES string of the molecule is CC(CCc1ccccc1)NC(=O)c1ccc(Cl)cc1[N+](=O)[O-]. The summed E-state index contributed by atoms with van der Waals surface area (Å²) >= 11 is 5.75. The average molecular weight is 333 g/mol. The van der Waals surface area contributed by atoms with Gasteiger partial charge in [-0.3, -0.25) is 14.9 Å². The number of nitro benzene ring substituents is 1. The van der Waals surface area contributed by atoms with E-state index in [2.05, 4.69) is 5.32 Å². The number of aryl methyl sites for hydroxylation is 1. The van der Waals surface area contributed by atoms with Gasteiger partial charge in [0.15, 0.2) is 0 Å². The van der Waals surface area contributed by atoms with E-state index >= 15 is 0 Å². The van der Waals surface area contributed by atoms with Crippen LogP contribution in [0.4, 0.5) is 5.69 Å². The van der Waals surface area contributed by atoms with Gasteiger partial charge in [-0.1, -0.05) is 41.9 Å². The van der Waals surface area contributed by atoms with Crippen LogP contribution in [-0.2, 0) is 6.42 Å². The number of halogens is 1. The van der Waals surface area contributed by atoms with E-state index in [1.54, 1.807) is 0 Å². The summed E-state index contributed by atoms with van der Waals surface area (Å²) in [6.07, 6.45) is 1.57. The molecule has 0 heterocycles. The van der Waals surface area contributed by atoms with Gasteiger partial charge in [0.2, 0.25) is 0 Å². The van der Waals surface area contributed by atoms with Crippen molar-refractivity contribution in [2.24, 2.45) is 0 Å². The van der Waals surface area contributed by atoms with Gasteiger partial charge in [0.05, 0.1) is 4.92 Å². The molecule has 0 aliphatic carbocycles. The van der Waals surface area contributed by atoms with Crippen molar-refractivity contribution in [2.75, 3.05) is 0 Å². The lowest BCUT2D eigenvalue weighted by Crippen LogP contribution is -2.33. The smallest absolute Gasteiger partial charge is 0.283 e. The van der Waals surface area contributed by atoms with Gasteiger partial charge in [0.25, 0.3) is 11.6 Å². The van der Waals surface area contributed by atoms with Gasteiger partial charge in [-0.15, -0.1) is 0 Å². The van der Waals surface area contributed by atoms with E-state index in [1.165, 1.54) is 23.8 Å². The number of nitrogens with zero attached hydrogens (tertiary/aromatic N) is 1. The van der Waals surface area contributed by atoms with E-state index in [0.717, 1.165) is 12.8 Å². The Morgan fingerprint density at radius 2 is 1.96 bits per heavy atom. The number of hydrogen-bond donors (Lipinski definition) is 1. The number of rotatable bonds is 6. The first kappa shape index (κ1) is 17.0. The summed E-state index contributed by atoms with van der Waals surface area (Å²) in [5.74, 6) is -0.464. The first-order chi connectivity index (χ1) is 11.0. The van der Waals surface area contributed by atoms with Crippen molar-refractivity contribution >= 4 is 23.2 Å². The maximum atomic E-state index is 12.2. The molecule has 1 atom stereocenters. The number of amides is 1. The minimum atomic E-state index is -0.602. The molecule has 0 radical (unpaired) electrons. The second kappa shape index (κ2) is 7.74. The maximum Gasteiger partial charge on any atom is 0.283 e. The fourth-order valence-electron chi connectivity index (χ4n) is 2.25. The monoisotopic (exact) mass is 332 g/mol. The van der Waals surface area contributed by atoms with E-state index < -0.39 is 10.8 Å². The van der Waals surface area contributed by atoms with E-state index in [9.17, 15) is 14.9 Å². The fourth-order valence-corrected chi connectivity index (χ4v) is 2.42. The molecule has 0 aliphatic heterocycles. The topological polar surface area (TPSA) is 72.2 Å². The third kappa shape index (κ3) is 4.79. The Hall–Kier alpha value is -2.40. The highest BCUT2D eigenvalue weighted by molar-refractivity contribution is 6.31. The molecule has 0 saturated heterocycles. The predicted molar refractivity (Wildman–Crippen MR) is 89.8 cm³/mol. The molecule has 0 spiro atoms. The zero-order valence-corrected chi connectivity index (χ0v) is 13.4. The van der Waals surface area contributed by atoms with E-state index in [-0.39, 0.29) is 22.3 Å². The van der Waals surface area contributed by atoms with Crippen LogP contribution in [-0.4, -0.2) is 16.9 Å². The number of hydrogen-bond acceptors (Lipinski definition) is 3. The minimum absolute atomic E-state index is 0.0194. The highest BCUT2D eigenvalue weighted by Crippen LogP contribution is 2.23. The molecule has 5 nitrogen and oxygen atoms in total. The quantitative estimate of drug-likeness (QED) is 0.642. The second-order valence-electron chi connectivity index (χ2n) is 5.32. The molecule has 0 bridgehead atoms. The van der Waals surface area contributed by atoms with Crippen LogP contribution in [0.5, 0.6) is 0 Å². The first-order valence-electron chi connectivity index (χ1n) is 7.26. The second-order valence-corrected chi connectivity index (χ2v) is 5.75. The van der Waals surface area contributed by atoms with Crippen LogP contribution in [0.3, 0.4) is 0 Å². The summed E-state index contributed by atoms with van der Waals surface area (Å²) in [5, 5.41) is 14.1. The molecule has 0 aromatic heterocycles. The van der Waals surface area contributed by atoms with Crippen LogP contribution < -0.4 is 5.32 Å². The van der Waals surface area contributed by atoms with Gasteiger partial charge >= 0.3 is 0 Å². The van der Waals surface area contributed by atoms with Crippen molar-refractivity contribution in [1.82, 2.24) is 5.32 Å². The van der Waals surface area contributed by atoms with Crippen LogP contribution in [0.2, 0.25) is 5.02 Å². The minimum Gasteiger partial charge on any atom is -0.349 e. The molecule has 0 fully saturated rings. The summed E-state index contributed by atoms with van der Waals surface area (Å²) in [6.45, 7) is 1.88. The molecule has 1 unspecified atom stereocenters. The Labute approximate surface area is 139 Å². The Bertz CT molecular complexity index is 704. The molecular formula is C17H17ClN2O3. The molecule has 120 valence electrons. The molecule has 2 aromatic rings. The average Bonchev–Trinajstić information content (AvgIpc) is 2.53. The third-order valence-electron chi connectivity index (χ3n) is 3.49. The Balaban J connectivity index is 2.00. The van der Waals surface area contributed by atoms with Crippen LogP contribution in [0.25, 0.3) is 0 Å². The van der Waals surface area contributed by atoms with Gasteiger partial charge in [-0.25, -0.2) is 0 Å². The molecule has 23 heavy (non-hydrogen) atoms. The molecule has 0 aliphatic rings. The first-order valence-corrected chi connectivity index (χ1v) is 7.64.